The van der Waals surface area contributed by atoms with E-state index in [0.717, 1.165) is 35.8 Å². The van der Waals surface area contributed by atoms with Crippen LogP contribution in [0.2, 0.25) is 0 Å². The Hall–Kier alpha value is -3.28. The van der Waals surface area contributed by atoms with Gasteiger partial charge < -0.3 is 20.1 Å². The number of nitrogens with zero attached hydrogens (tertiary/aromatic N) is 2. The molecule has 0 aliphatic rings. The molecule has 2 N–H and O–H groups in total. The van der Waals surface area contributed by atoms with Gasteiger partial charge in [0.15, 0.2) is 5.82 Å². The molecule has 0 unspecified atom stereocenters. The fourth-order valence-electron chi connectivity index (χ4n) is 2.61. The standard InChI is InChI=1S/C21H24N4O2/c1-4-12-22-19-14-20(25-21(24-19)15-8-6-5-7-9-15)23-17-11-10-16(26-2)13-18(17)27-3/h5-11,13-14H,4,12H2,1-3H3,(H2,22,23,24,25). The summed E-state index contributed by atoms with van der Waals surface area (Å²) >= 11 is 0. The second-order valence-electron chi connectivity index (χ2n) is 5.95. The van der Waals surface area contributed by atoms with Gasteiger partial charge in [-0.2, -0.15) is 0 Å². The third-order valence-corrected chi connectivity index (χ3v) is 3.99. The molecule has 3 rings (SSSR count). The van der Waals surface area contributed by atoms with Crippen LogP contribution in [0.5, 0.6) is 11.5 Å². The highest BCUT2D eigenvalue weighted by Crippen LogP contribution is 2.32. The van der Waals surface area contributed by atoms with E-state index >= 15 is 0 Å². The monoisotopic (exact) mass is 364 g/mol. The molecule has 0 spiro atoms. The van der Waals surface area contributed by atoms with E-state index in [9.17, 15) is 0 Å². The number of hydrogen-bond acceptors (Lipinski definition) is 6. The van der Waals surface area contributed by atoms with Crippen LogP contribution in [-0.4, -0.2) is 30.7 Å². The zero-order valence-electron chi connectivity index (χ0n) is 15.8. The predicted octanol–water partition coefficient (Wildman–Crippen LogP) is 4.73. The number of aromatic nitrogens is 2. The maximum absolute atomic E-state index is 5.47. The fraction of sp³-hybridized carbons (Fsp3) is 0.238. The first-order chi connectivity index (χ1) is 13.2. The van der Waals surface area contributed by atoms with Crippen molar-refractivity contribution < 1.29 is 9.47 Å². The number of benzene rings is 2. The lowest BCUT2D eigenvalue weighted by Crippen LogP contribution is -2.06. The molecule has 0 fully saturated rings. The van der Waals surface area contributed by atoms with E-state index in [1.807, 2.05) is 54.6 Å². The number of ether oxygens (including phenoxy) is 2. The van der Waals surface area contributed by atoms with E-state index in [-0.39, 0.29) is 0 Å². The summed E-state index contributed by atoms with van der Waals surface area (Å²) in [5.74, 6) is 3.53. The van der Waals surface area contributed by atoms with Gasteiger partial charge in [-0.25, -0.2) is 9.97 Å². The summed E-state index contributed by atoms with van der Waals surface area (Å²) in [5.41, 5.74) is 1.76. The predicted molar refractivity (Wildman–Crippen MR) is 109 cm³/mol. The van der Waals surface area contributed by atoms with Gasteiger partial charge in [0.05, 0.1) is 19.9 Å². The van der Waals surface area contributed by atoms with Crippen LogP contribution in [0.3, 0.4) is 0 Å². The van der Waals surface area contributed by atoms with Crippen LogP contribution < -0.4 is 20.1 Å². The maximum atomic E-state index is 5.47. The van der Waals surface area contributed by atoms with Crippen molar-refractivity contribution in [2.75, 3.05) is 31.4 Å². The van der Waals surface area contributed by atoms with E-state index in [1.54, 1.807) is 14.2 Å². The average molecular weight is 364 g/mol. The Balaban J connectivity index is 1.97. The molecule has 1 aromatic heterocycles. The zero-order chi connectivity index (χ0) is 19.1. The van der Waals surface area contributed by atoms with Gasteiger partial charge in [-0.1, -0.05) is 37.3 Å². The lowest BCUT2D eigenvalue weighted by atomic mass is 10.2. The molecule has 0 aliphatic heterocycles. The first kappa shape index (κ1) is 18.5. The van der Waals surface area contributed by atoms with Crippen molar-refractivity contribution in [1.29, 1.82) is 0 Å². The van der Waals surface area contributed by atoms with Gasteiger partial charge in [0.25, 0.3) is 0 Å². The van der Waals surface area contributed by atoms with Gasteiger partial charge >= 0.3 is 0 Å². The second kappa shape index (κ2) is 8.89. The number of nitrogens with one attached hydrogen (secondary N) is 2. The van der Waals surface area contributed by atoms with Crippen LogP contribution >= 0.6 is 0 Å². The fourth-order valence-corrected chi connectivity index (χ4v) is 2.61. The molecule has 0 aliphatic carbocycles. The summed E-state index contributed by atoms with van der Waals surface area (Å²) in [6.07, 6.45) is 1.01. The van der Waals surface area contributed by atoms with Crippen LogP contribution in [0, 0.1) is 0 Å². The van der Waals surface area contributed by atoms with Gasteiger partial charge in [-0.15, -0.1) is 0 Å². The summed E-state index contributed by atoms with van der Waals surface area (Å²) in [5, 5.41) is 6.67. The number of hydrogen-bond donors (Lipinski definition) is 2. The Morgan fingerprint density at radius 2 is 1.67 bits per heavy atom. The molecule has 0 saturated heterocycles. The molecule has 3 aromatic rings. The van der Waals surface area contributed by atoms with Crippen LogP contribution in [-0.2, 0) is 0 Å². The van der Waals surface area contributed by atoms with Gasteiger partial charge in [0, 0.05) is 24.2 Å². The summed E-state index contributed by atoms with van der Waals surface area (Å²) in [7, 11) is 3.26. The molecule has 27 heavy (non-hydrogen) atoms. The average Bonchev–Trinajstić information content (AvgIpc) is 2.73. The minimum absolute atomic E-state index is 0.659. The number of anilines is 3. The van der Waals surface area contributed by atoms with E-state index in [2.05, 4.69) is 27.5 Å². The van der Waals surface area contributed by atoms with Gasteiger partial charge in [-0.05, 0) is 18.6 Å². The summed E-state index contributed by atoms with van der Waals surface area (Å²) in [4.78, 5) is 9.32. The van der Waals surface area contributed by atoms with Crippen molar-refractivity contribution in [2.45, 2.75) is 13.3 Å². The largest absolute Gasteiger partial charge is 0.497 e. The Morgan fingerprint density at radius 3 is 2.37 bits per heavy atom. The molecule has 0 atom stereocenters. The van der Waals surface area contributed by atoms with Crippen LogP contribution in [0.1, 0.15) is 13.3 Å². The van der Waals surface area contributed by atoms with E-state index in [0.29, 0.717) is 17.4 Å². The van der Waals surface area contributed by atoms with Crippen molar-refractivity contribution in [3.63, 3.8) is 0 Å². The van der Waals surface area contributed by atoms with E-state index < -0.39 is 0 Å². The lowest BCUT2D eigenvalue weighted by molar-refractivity contribution is 0.395. The van der Waals surface area contributed by atoms with Gasteiger partial charge in [-0.3, -0.25) is 0 Å². The molecule has 0 saturated carbocycles. The molecule has 0 amide bonds. The first-order valence-electron chi connectivity index (χ1n) is 8.91. The molecule has 0 bridgehead atoms. The highest BCUT2D eigenvalue weighted by Gasteiger charge is 2.10. The topological polar surface area (TPSA) is 68.3 Å². The van der Waals surface area contributed by atoms with Crippen molar-refractivity contribution in [1.82, 2.24) is 9.97 Å². The lowest BCUT2D eigenvalue weighted by Gasteiger charge is -2.14. The smallest absolute Gasteiger partial charge is 0.163 e. The van der Waals surface area contributed by atoms with Crippen LogP contribution in [0.15, 0.2) is 54.6 Å². The third kappa shape index (κ3) is 4.67. The molecular weight excluding hydrogens is 340 g/mol. The quantitative estimate of drug-likeness (QED) is 0.602. The Labute approximate surface area is 159 Å². The molecule has 1 heterocycles. The second-order valence-corrected chi connectivity index (χ2v) is 5.95. The minimum Gasteiger partial charge on any atom is -0.497 e. The van der Waals surface area contributed by atoms with Crippen molar-refractivity contribution >= 4 is 17.3 Å². The number of rotatable bonds is 8. The van der Waals surface area contributed by atoms with Crippen molar-refractivity contribution in [3.8, 4) is 22.9 Å². The number of methoxy groups -OCH3 is 2. The first-order valence-corrected chi connectivity index (χ1v) is 8.91. The Kier molecular flexibility index (Phi) is 6.10. The summed E-state index contributed by atoms with van der Waals surface area (Å²) in [6.45, 7) is 2.96. The Morgan fingerprint density at radius 1 is 0.889 bits per heavy atom. The van der Waals surface area contributed by atoms with E-state index in [1.165, 1.54) is 0 Å². The molecule has 6 heteroatoms. The molecule has 0 radical (unpaired) electrons. The maximum Gasteiger partial charge on any atom is 0.163 e. The van der Waals surface area contributed by atoms with Crippen molar-refractivity contribution in [2.24, 2.45) is 0 Å². The van der Waals surface area contributed by atoms with Crippen molar-refractivity contribution in [3.05, 3.63) is 54.6 Å². The van der Waals surface area contributed by atoms with Crippen LogP contribution in [0.25, 0.3) is 11.4 Å². The third-order valence-electron chi connectivity index (χ3n) is 3.99. The minimum atomic E-state index is 0.659. The highest BCUT2D eigenvalue weighted by molar-refractivity contribution is 5.69. The molecular formula is C21H24N4O2. The van der Waals surface area contributed by atoms with Gasteiger partial charge in [0.2, 0.25) is 0 Å². The highest BCUT2D eigenvalue weighted by atomic mass is 16.5. The molecule has 2 aromatic carbocycles. The zero-order valence-corrected chi connectivity index (χ0v) is 15.8. The Bertz CT molecular complexity index is 885. The van der Waals surface area contributed by atoms with E-state index in [4.69, 9.17) is 9.47 Å². The normalized spacial score (nSPS) is 10.3. The molecule has 6 nitrogen and oxygen atoms in total. The van der Waals surface area contributed by atoms with Gasteiger partial charge in [0.1, 0.15) is 23.1 Å². The van der Waals surface area contributed by atoms with Crippen LogP contribution in [0.4, 0.5) is 17.3 Å². The SMILES string of the molecule is CCCNc1cc(Nc2ccc(OC)cc2OC)nc(-c2ccccc2)n1. The summed E-state index contributed by atoms with van der Waals surface area (Å²) < 4.78 is 10.7. The molecule has 140 valence electrons. The summed E-state index contributed by atoms with van der Waals surface area (Å²) in [6, 6.07) is 17.4.